The molecule has 3 heteroatoms. The van der Waals surface area contributed by atoms with Crippen molar-refractivity contribution >= 4 is 0 Å². The molecule has 1 unspecified atom stereocenters. The van der Waals surface area contributed by atoms with Crippen LogP contribution in [0.3, 0.4) is 0 Å². The van der Waals surface area contributed by atoms with E-state index in [1.54, 1.807) is 6.07 Å². The number of nitrogens with zero attached hydrogens (tertiary/aromatic N) is 1. The maximum absolute atomic E-state index is 13.4. The molecule has 0 heterocycles. The fourth-order valence-corrected chi connectivity index (χ4v) is 2.28. The van der Waals surface area contributed by atoms with Crippen LogP contribution in [0.5, 0.6) is 0 Å². The molecule has 1 atom stereocenters. The molecule has 0 fully saturated rings. The first kappa shape index (κ1) is 15.1. The topological polar surface area (TPSA) is 29.3 Å². The molecule has 0 aromatic heterocycles. The Balaban J connectivity index is 2.78. The molecule has 0 aliphatic carbocycles. The minimum absolute atomic E-state index is 0.109. The maximum atomic E-state index is 13.4. The Labute approximate surface area is 110 Å². The minimum atomic E-state index is -0.184. The molecule has 2 N–H and O–H groups in total. The minimum Gasteiger partial charge on any atom is -0.329 e. The van der Waals surface area contributed by atoms with Gasteiger partial charge >= 0.3 is 0 Å². The molecule has 0 saturated heterocycles. The number of halogens is 1. The predicted octanol–water partition coefficient (Wildman–Crippen LogP) is 3.26. The summed E-state index contributed by atoms with van der Waals surface area (Å²) in [6.07, 6.45) is 3.60. The van der Waals surface area contributed by atoms with Crippen LogP contribution < -0.4 is 5.73 Å². The smallest absolute Gasteiger partial charge is 0.123 e. The lowest BCUT2D eigenvalue weighted by Crippen LogP contribution is -2.32. The van der Waals surface area contributed by atoms with Crippen molar-refractivity contribution in [3.8, 4) is 0 Å². The number of hydrogen-bond donors (Lipinski definition) is 1. The predicted molar refractivity (Wildman–Crippen MR) is 75.1 cm³/mol. The van der Waals surface area contributed by atoms with E-state index in [0.717, 1.165) is 24.1 Å². The Morgan fingerprint density at radius 1 is 1.33 bits per heavy atom. The van der Waals surface area contributed by atoms with Crippen molar-refractivity contribution in [2.75, 3.05) is 20.1 Å². The van der Waals surface area contributed by atoms with E-state index in [4.69, 9.17) is 5.73 Å². The zero-order chi connectivity index (χ0) is 13.5. The molecule has 0 saturated carbocycles. The fourth-order valence-electron chi connectivity index (χ4n) is 2.28. The number of nitrogens with two attached hydrogens (primary N) is 1. The van der Waals surface area contributed by atoms with Crippen molar-refractivity contribution in [1.82, 2.24) is 4.90 Å². The fraction of sp³-hybridized carbons (Fsp3) is 0.600. The van der Waals surface area contributed by atoms with E-state index in [0.29, 0.717) is 6.54 Å². The highest BCUT2D eigenvalue weighted by molar-refractivity contribution is 5.29. The summed E-state index contributed by atoms with van der Waals surface area (Å²) in [5.74, 6) is -0.184. The van der Waals surface area contributed by atoms with Gasteiger partial charge in [0.05, 0.1) is 0 Å². The van der Waals surface area contributed by atoms with Crippen molar-refractivity contribution in [3.05, 3.63) is 35.1 Å². The number of rotatable bonds is 7. The lowest BCUT2D eigenvalue weighted by atomic mass is 9.99. The van der Waals surface area contributed by atoms with Crippen molar-refractivity contribution in [2.24, 2.45) is 5.73 Å². The zero-order valence-electron chi connectivity index (χ0n) is 11.7. The van der Waals surface area contributed by atoms with Gasteiger partial charge in [-0.15, -0.1) is 0 Å². The SMILES string of the molecule is CCCCCN(C)C(CN)c1cc(F)ccc1C. The number of hydrogen-bond acceptors (Lipinski definition) is 2. The molecule has 0 aliphatic heterocycles. The van der Waals surface area contributed by atoms with Gasteiger partial charge in [-0.1, -0.05) is 25.8 Å². The van der Waals surface area contributed by atoms with Crippen LogP contribution in [-0.2, 0) is 0 Å². The van der Waals surface area contributed by atoms with E-state index in [1.807, 2.05) is 13.0 Å². The molecule has 0 bridgehead atoms. The average Bonchev–Trinajstić information content (AvgIpc) is 2.35. The summed E-state index contributed by atoms with van der Waals surface area (Å²) in [7, 11) is 2.07. The van der Waals surface area contributed by atoms with Crippen molar-refractivity contribution in [2.45, 2.75) is 39.2 Å². The number of aryl methyl sites for hydroxylation is 1. The number of unbranched alkanes of at least 4 members (excludes halogenated alkanes) is 2. The summed E-state index contributed by atoms with van der Waals surface area (Å²) in [6.45, 7) is 5.73. The van der Waals surface area contributed by atoms with E-state index >= 15 is 0 Å². The van der Waals surface area contributed by atoms with Gasteiger partial charge in [0.2, 0.25) is 0 Å². The third kappa shape index (κ3) is 4.07. The van der Waals surface area contributed by atoms with Gasteiger partial charge in [-0.2, -0.15) is 0 Å². The van der Waals surface area contributed by atoms with E-state index in [9.17, 15) is 4.39 Å². The van der Waals surface area contributed by atoms with Crippen LogP contribution in [0.1, 0.15) is 43.4 Å². The first-order chi connectivity index (χ1) is 8.60. The maximum Gasteiger partial charge on any atom is 0.123 e. The van der Waals surface area contributed by atoms with Gasteiger partial charge in [-0.25, -0.2) is 4.39 Å². The second-order valence-electron chi connectivity index (χ2n) is 4.94. The van der Waals surface area contributed by atoms with E-state index in [2.05, 4.69) is 18.9 Å². The Morgan fingerprint density at radius 2 is 2.06 bits per heavy atom. The average molecular weight is 252 g/mol. The molecule has 1 aromatic rings. The molecule has 18 heavy (non-hydrogen) atoms. The Bertz CT molecular complexity index is 366. The Kier molecular flexibility index (Phi) is 6.30. The summed E-state index contributed by atoms with van der Waals surface area (Å²) < 4.78 is 13.4. The summed E-state index contributed by atoms with van der Waals surface area (Å²) in [5.41, 5.74) is 7.98. The van der Waals surface area contributed by atoms with Crippen LogP contribution in [0.2, 0.25) is 0 Å². The molecule has 0 radical (unpaired) electrons. The lowest BCUT2D eigenvalue weighted by Gasteiger charge is -2.28. The van der Waals surface area contributed by atoms with E-state index in [-0.39, 0.29) is 11.9 Å². The van der Waals surface area contributed by atoms with Crippen LogP contribution >= 0.6 is 0 Å². The quantitative estimate of drug-likeness (QED) is 0.755. The highest BCUT2D eigenvalue weighted by Gasteiger charge is 2.17. The van der Waals surface area contributed by atoms with Gasteiger partial charge in [0, 0.05) is 12.6 Å². The Morgan fingerprint density at radius 3 is 2.67 bits per heavy atom. The van der Waals surface area contributed by atoms with Gasteiger partial charge < -0.3 is 5.73 Å². The summed E-state index contributed by atoms with van der Waals surface area (Å²) in [6, 6.07) is 5.05. The molecular weight excluding hydrogens is 227 g/mol. The van der Waals surface area contributed by atoms with Gasteiger partial charge in [0.1, 0.15) is 5.82 Å². The molecule has 2 nitrogen and oxygen atoms in total. The summed E-state index contributed by atoms with van der Waals surface area (Å²) in [4.78, 5) is 2.23. The van der Waals surface area contributed by atoms with Gasteiger partial charge in [0.15, 0.2) is 0 Å². The van der Waals surface area contributed by atoms with Crippen LogP contribution in [0.15, 0.2) is 18.2 Å². The summed E-state index contributed by atoms with van der Waals surface area (Å²) in [5, 5.41) is 0. The normalized spacial score (nSPS) is 13.0. The van der Waals surface area contributed by atoms with Crippen molar-refractivity contribution < 1.29 is 4.39 Å². The van der Waals surface area contributed by atoms with E-state index < -0.39 is 0 Å². The number of benzene rings is 1. The first-order valence-corrected chi connectivity index (χ1v) is 6.76. The van der Waals surface area contributed by atoms with Gasteiger partial charge in [-0.3, -0.25) is 4.90 Å². The molecule has 0 spiro atoms. The van der Waals surface area contributed by atoms with Crippen LogP contribution in [-0.4, -0.2) is 25.0 Å². The molecule has 1 aromatic carbocycles. The zero-order valence-corrected chi connectivity index (χ0v) is 11.7. The van der Waals surface area contributed by atoms with E-state index in [1.165, 1.54) is 18.9 Å². The van der Waals surface area contributed by atoms with Crippen molar-refractivity contribution in [1.29, 1.82) is 0 Å². The molecular formula is C15H25FN2. The Hall–Kier alpha value is -0.930. The molecule has 0 amide bonds. The number of likely N-dealkylation sites (N-methyl/N-ethyl adjacent to an activating group) is 1. The third-order valence-corrected chi connectivity index (χ3v) is 3.47. The largest absolute Gasteiger partial charge is 0.329 e. The van der Waals surface area contributed by atoms with Crippen LogP contribution in [0.4, 0.5) is 4.39 Å². The second kappa shape index (κ2) is 7.49. The second-order valence-corrected chi connectivity index (χ2v) is 4.94. The monoisotopic (exact) mass is 252 g/mol. The highest BCUT2D eigenvalue weighted by atomic mass is 19.1. The molecule has 102 valence electrons. The molecule has 0 aliphatic rings. The van der Waals surface area contributed by atoms with Crippen molar-refractivity contribution in [3.63, 3.8) is 0 Å². The molecule has 1 rings (SSSR count). The van der Waals surface area contributed by atoms with Crippen LogP contribution in [0.25, 0.3) is 0 Å². The van der Waals surface area contributed by atoms with Gasteiger partial charge in [-0.05, 0) is 50.2 Å². The first-order valence-electron chi connectivity index (χ1n) is 6.76. The third-order valence-electron chi connectivity index (χ3n) is 3.47. The standard InChI is InChI=1S/C15H25FN2/c1-4-5-6-9-18(3)15(11-17)14-10-13(16)8-7-12(14)2/h7-8,10,15H,4-6,9,11,17H2,1-3H3. The van der Waals surface area contributed by atoms with Crippen LogP contribution in [0, 0.1) is 12.7 Å². The summed E-state index contributed by atoms with van der Waals surface area (Å²) >= 11 is 0. The lowest BCUT2D eigenvalue weighted by molar-refractivity contribution is 0.244. The highest BCUT2D eigenvalue weighted by Crippen LogP contribution is 2.23. The van der Waals surface area contributed by atoms with Gasteiger partial charge in [0.25, 0.3) is 0 Å².